The van der Waals surface area contributed by atoms with Crippen molar-refractivity contribution < 1.29 is 14.3 Å². The number of carbonyl (C=O) groups is 1. The van der Waals surface area contributed by atoms with Crippen LogP contribution in [0.2, 0.25) is 5.02 Å². The molecule has 6 nitrogen and oxygen atoms in total. The summed E-state index contributed by atoms with van der Waals surface area (Å²) in [5, 5.41) is 6.44. The van der Waals surface area contributed by atoms with Crippen LogP contribution in [0.3, 0.4) is 0 Å². The number of benzene rings is 1. The first-order valence-corrected chi connectivity index (χ1v) is 8.08. The molecule has 7 heteroatoms. The van der Waals surface area contributed by atoms with Crippen LogP contribution in [0.5, 0.6) is 11.5 Å². The molecule has 0 unspecified atom stereocenters. The van der Waals surface area contributed by atoms with E-state index in [1.165, 1.54) is 0 Å². The van der Waals surface area contributed by atoms with Gasteiger partial charge in [-0.2, -0.15) is 0 Å². The predicted octanol–water partition coefficient (Wildman–Crippen LogP) is 4.48. The second-order valence-electron chi connectivity index (χ2n) is 6.45. The Morgan fingerprint density at radius 2 is 1.80 bits per heavy atom. The third kappa shape index (κ3) is 4.76. The van der Waals surface area contributed by atoms with E-state index in [0.29, 0.717) is 33.7 Å². The van der Waals surface area contributed by atoms with Crippen molar-refractivity contribution in [2.24, 2.45) is 5.41 Å². The maximum Gasteiger partial charge on any atom is 0.229 e. The predicted molar refractivity (Wildman–Crippen MR) is 100 cm³/mol. The van der Waals surface area contributed by atoms with Crippen molar-refractivity contribution in [2.45, 2.75) is 20.8 Å². The van der Waals surface area contributed by atoms with Gasteiger partial charge in [0, 0.05) is 17.5 Å². The molecule has 0 aliphatic carbocycles. The third-order valence-electron chi connectivity index (χ3n) is 3.44. The topological polar surface area (TPSA) is 72.5 Å². The highest BCUT2D eigenvalue weighted by molar-refractivity contribution is 6.32. The fraction of sp³-hybridized carbons (Fsp3) is 0.333. The summed E-state index contributed by atoms with van der Waals surface area (Å²) in [6, 6.07) is 6.94. The van der Waals surface area contributed by atoms with E-state index >= 15 is 0 Å². The minimum absolute atomic E-state index is 0.0703. The van der Waals surface area contributed by atoms with Gasteiger partial charge in [0.25, 0.3) is 0 Å². The number of anilines is 3. The maximum atomic E-state index is 12.0. The fourth-order valence-corrected chi connectivity index (χ4v) is 2.19. The zero-order valence-electron chi connectivity index (χ0n) is 14.9. The van der Waals surface area contributed by atoms with Crippen molar-refractivity contribution in [1.29, 1.82) is 0 Å². The summed E-state index contributed by atoms with van der Waals surface area (Å²) in [6.45, 7) is 5.56. The van der Waals surface area contributed by atoms with E-state index in [1.54, 1.807) is 44.7 Å². The largest absolute Gasteiger partial charge is 0.495 e. The molecule has 134 valence electrons. The molecule has 1 aromatic carbocycles. The summed E-state index contributed by atoms with van der Waals surface area (Å²) in [5.74, 6) is 1.62. The van der Waals surface area contributed by atoms with Gasteiger partial charge in [-0.05, 0) is 12.1 Å². The number of hydrogen-bond acceptors (Lipinski definition) is 5. The monoisotopic (exact) mass is 363 g/mol. The molecule has 0 saturated heterocycles. The zero-order chi connectivity index (χ0) is 18.6. The van der Waals surface area contributed by atoms with Gasteiger partial charge < -0.3 is 20.1 Å². The van der Waals surface area contributed by atoms with Crippen LogP contribution in [-0.2, 0) is 4.79 Å². The fourth-order valence-electron chi connectivity index (χ4n) is 1.96. The second-order valence-corrected chi connectivity index (χ2v) is 6.86. The normalized spacial score (nSPS) is 11.0. The Bertz CT molecular complexity index is 755. The van der Waals surface area contributed by atoms with Crippen LogP contribution in [0.15, 0.2) is 30.5 Å². The molecule has 1 heterocycles. The Hall–Kier alpha value is -2.47. The highest BCUT2D eigenvalue weighted by Crippen LogP contribution is 2.37. The first kappa shape index (κ1) is 18.9. The summed E-state index contributed by atoms with van der Waals surface area (Å²) in [5.41, 5.74) is 0.832. The number of ether oxygens (including phenoxy) is 2. The molecular formula is C18H22ClN3O3. The Morgan fingerprint density at radius 1 is 1.12 bits per heavy atom. The summed E-state index contributed by atoms with van der Waals surface area (Å²) in [4.78, 5) is 16.3. The van der Waals surface area contributed by atoms with E-state index in [4.69, 9.17) is 21.1 Å². The van der Waals surface area contributed by atoms with E-state index in [1.807, 2.05) is 20.8 Å². The van der Waals surface area contributed by atoms with Crippen LogP contribution in [0.4, 0.5) is 17.2 Å². The summed E-state index contributed by atoms with van der Waals surface area (Å²) in [6.07, 6.45) is 1.59. The van der Waals surface area contributed by atoms with E-state index in [9.17, 15) is 4.79 Å². The Morgan fingerprint density at radius 3 is 2.32 bits per heavy atom. The molecule has 0 spiro atoms. The third-order valence-corrected chi connectivity index (χ3v) is 3.73. The number of methoxy groups -OCH3 is 2. The van der Waals surface area contributed by atoms with E-state index in [0.717, 1.165) is 0 Å². The quantitative estimate of drug-likeness (QED) is 0.819. The van der Waals surface area contributed by atoms with Gasteiger partial charge in [-0.3, -0.25) is 4.79 Å². The number of nitrogens with one attached hydrogen (secondary N) is 2. The van der Waals surface area contributed by atoms with Gasteiger partial charge in [0.2, 0.25) is 5.91 Å². The maximum absolute atomic E-state index is 12.0. The van der Waals surface area contributed by atoms with Gasteiger partial charge in [0.1, 0.15) is 17.3 Å². The number of carbonyl (C=O) groups excluding carboxylic acids is 1. The van der Waals surface area contributed by atoms with E-state index < -0.39 is 5.41 Å². The van der Waals surface area contributed by atoms with Crippen molar-refractivity contribution in [2.75, 3.05) is 24.9 Å². The Labute approximate surface area is 152 Å². The SMILES string of the molecule is COc1cc(Nc2ccc(NC(=O)C(C)(C)C)cn2)c(OC)cc1Cl. The van der Waals surface area contributed by atoms with Gasteiger partial charge >= 0.3 is 0 Å². The first-order chi connectivity index (χ1) is 11.7. The number of hydrogen-bond donors (Lipinski definition) is 2. The van der Waals surface area contributed by atoms with Crippen LogP contribution in [0.25, 0.3) is 0 Å². The molecular weight excluding hydrogens is 342 g/mol. The van der Waals surface area contributed by atoms with Crippen molar-refractivity contribution in [1.82, 2.24) is 4.98 Å². The minimum Gasteiger partial charge on any atom is -0.495 e. The van der Waals surface area contributed by atoms with Crippen LogP contribution >= 0.6 is 11.6 Å². The van der Waals surface area contributed by atoms with Crippen LogP contribution < -0.4 is 20.1 Å². The number of nitrogens with zero attached hydrogens (tertiary/aromatic N) is 1. The number of halogens is 1. The highest BCUT2D eigenvalue weighted by Gasteiger charge is 2.21. The standard InChI is InChI=1S/C18H22ClN3O3/c1-18(2,3)17(23)21-11-6-7-16(20-10-11)22-13-9-14(24-4)12(19)8-15(13)25-5/h6-10H,1-5H3,(H,20,22)(H,21,23). The number of amides is 1. The van der Waals surface area contributed by atoms with Crippen LogP contribution in [-0.4, -0.2) is 25.1 Å². The molecule has 2 N–H and O–H groups in total. The molecule has 0 atom stereocenters. The molecule has 0 fully saturated rings. The lowest BCUT2D eigenvalue weighted by molar-refractivity contribution is -0.123. The number of aromatic nitrogens is 1. The van der Waals surface area contributed by atoms with Gasteiger partial charge in [0.15, 0.2) is 0 Å². The molecule has 0 bridgehead atoms. The van der Waals surface area contributed by atoms with Gasteiger partial charge in [-0.25, -0.2) is 4.98 Å². The molecule has 2 rings (SSSR count). The average molecular weight is 364 g/mol. The van der Waals surface area contributed by atoms with E-state index in [2.05, 4.69) is 15.6 Å². The molecule has 0 aliphatic heterocycles. The Kier molecular flexibility index (Phi) is 5.74. The van der Waals surface area contributed by atoms with Crippen molar-refractivity contribution >= 4 is 34.7 Å². The Balaban J connectivity index is 2.18. The van der Waals surface area contributed by atoms with Crippen molar-refractivity contribution in [3.05, 3.63) is 35.5 Å². The molecule has 1 aromatic heterocycles. The second kappa shape index (κ2) is 7.61. The van der Waals surface area contributed by atoms with Gasteiger partial charge in [-0.1, -0.05) is 32.4 Å². The average Bonchev–Trinajstić information content (AvgIpc) is 2.56. The molecule has 0 aliphatic rings. The molecule has 1 amide bonds. The zero-order valence-corrected chi connectivity index (χ0v) is 15.7. The van der Waals surface area contributed by atoms with Crippen LogP contribution in [0, 0.1) is 5.41 Å². The smallest absolute Gasteiger partial charge is 0.229 e. The van der Waals surface area contributed by atoms with Gasteiger partial charge in [-0.15, -0.1) is 0 Å². The lowest BCUT2D eigenvalue weighted by Gasteiger charge is -2.17. The lowest BCUT2D eigenvalue weighted by Crippen LogP contribution is -2.27. The van der Waals surface area contributed by atoms with Gasteiger partial charge in [0.05, 0.1) is 36.8 Å². The summed E-state index contributed by atoms with van der Waals surface area (Å²) < 4.78 is 10.5. The number of rotatable bonds is 5. The first-order valence-electron chi connectivity index (χ1n) is 7.70. The lowest BCUT2D eigenvalue weighted by atomic mass is 9.96. The minimum atomic E-state index is -0.468. The highest BCUT2D eigenvalue weighted by atomic mass is 35.5. The van der Waals surface area contributed by atoms with Crippen LogP contribution in [0.1, 0.15) is 20.8 Å². The number of pyridine rings is 1. The molecule has 2 aromatic rings. The summed E-state index contributed by atoms with van der Waals surface area (Å²) >= 11 is 6.10. The van der Waals surface area contributed by atoms with E-state index in [-0.39, 0.29) is 5.91 Å². The molecule has 0 saturated carbocycles. The van der Waals surface area contributed by atoms with Crippen molar-refractivity contribution in [3.63, 3.8) is 0 Å². The van der Waals surface area contributed by atoms with Crippen molar-refractivity contribution in [3.8, 4) is 11.5 Å². The molecule has 0 radical (unpaired) electrons. The molecule has 25 heavy (non-hydrogen) atoms. The summed E-state index contributed by atoms with van der Waals surface area (Å²) in [7, 11) is 3.10.